The Hall–Kier alpha value is -1.62. The fraction of sp³-hybridized carbons (Fsp3) is 0.636. The minimum absolute atomic E-state index is 0.0759. The first-order valence-electron chi connectivity index (χ1n) is 5.54. The molecule has 0 aromatic heterocycles. The van der Waals surface area contributed by atoms with E-state index >= 15 is 0 Å². The standard InChI is InChI=1S/C11H19N3O4/c1-18-7-2-13-11(17)10(8-12)9-14(3-5-15)4-6-16/h9,15-16H,2-7H2,1H3,(H,13,17)/b10-9-. The number of amides is 1. The van der Waals surface area contributed by atoms with Crippen molar-refractivity contribution in [2.24, 2.45) is 0 Å². The second-order valence-corrected chi connectivity index (χ2v) is 3.39. The molecule has 0 aliphatic carbocycles. The summed E-state index contributed by atoms with van der Waals surface area (Å²) in [7, 11) is 1.51. The van der Waals surface area contributed by atoms with Gasteiger partial charge in [0.15, 0.2) is 0 Å². The fourth-order valence-electron chi connectivity index (χ4n) is 1.18. The highest BCUT2D eigenvalue weighted by molar-refractivity contribution is 5.97. The SMILES string of the molecule is COCCNC(=O)/C(C#N)=C\N(CCO)CCO. The number of nitriles is 1. The summed E-state index contributed by atoms with van der Waals surface area (Å²) in [5, 5.41) is 29.0. The zero-order valence-corrected chi connectivity index (χ0v) is 10.4. The third kappa shape index (κ3) is 6.85. The molecule has 0 rings (SSSR count). The molecule has 0 atom stereocenters. The highest BCUT2D eigenvalue weighted by atomic mass is 16.5. The van der Waals surface area contributed by atoms with Crippen LogP contribution < -0.4 is 5.32 Å². The molecular formula is C11H19N3O4. The number of hydrogen-bond donors (Lipinski definition) is 3. The van der Waals surface area contributed by atoms with Crippen molar-refractivity contribution in [3.8, 4) is 6.07 Å². The van der Waals surface area contributed by atoms with E-state index in [0.717, 1.165) is 0 Å². The molecule has 3 N–H and O–H groups in total. The summed E-state index contributed by atoms with van der Waals surface area (Å²) in [6.45, 7) is 0.922. The molecule has 0 aliphatic rings. The van der Waals surface area contributed by atoms with Gasteiger partial charge in [-0.25, -0.2) is 0 Å². The van der Waals surface area contributed by atoms with Gasteiger partial charge in [-0.05, 0) is 0 Å². The lowest BCUT2D eigenvalue weighted by atomic mass is 10.3. The molecule has 0 aromatic carbocycles. The molecule has 7 nitrogen and oxygen atoms in total. The molecular weight excluding hydrogens is 238 g/mol. The quantitative estimate of drug-likeness (QED) is 0.262. The Balaban J connectivity index is 4.51. The summed E-state index contributed by atoms with van der Waals surface area (Å²) in [4.78, 5) is 13.1. The number of aliphatic hydroxyl groups excluding tert-OH is 2. The first-order chi connectivity index (χ1) is 8.69. The van der Waals surface area contributed by atoms with E-state index in [1.54, 1.807) is 6.07 Å². The van der Waals surface area contributed by atoms with Crippen LogP contribution in [-0.4, -0.2) is 67.6 Å². The van der Waals surface area contributed by atoms with Crippen LogP contribution in [0.25, 0.3) is 0 Å². The van der Waals surface area contributed by atoms with E-state index in [0.29, 0.717) is 13.2 Å². The molecule has 0 fully saturated rings. The van der Waals surface area contributed by atoms with E-state index < -0.39 is 5.91 Å². The Morgan fingerprint density at radius 3 is 2.50 bits per heavy atom. The van der Waals surface area contributed by atoms with Crippen LogP contribution in [0.2, 0.25) is 0 Å². The Kier molecular flexibility index (Phi) is 9.58. The number of hydrogen-bond acceptors (Lipinski definition) is 6. The molecule has 0 saturated carbocycles. The van der Waals surface area contributed by atoms with Crippen molar-refractivity contribution < 1.29 is 19.7 Å². The number of rotatable bonds is 9. The topological polar surface area (TPSA) is 106 Å². The third-order valence-electron chi connectivity index (χ3n) is 2.04. The molecule has 0 bridgehead atoms. The van der Waals surface area contributed by atoms with Crippen molar-refractivity contribution in [3.63, 3.8) is 0 Å². The van der Waals surface area contributed by atoms with Crippen LogP contribution in [0.4, 0.5) is 0 Å². The summed E-state index contributed by atoms with van der Waals surface area (Å²) < 4.78 is 4.77. The molecule has 0 radical (unpaired) electrons. The van der Waals surface area contributed by atoms with Crippen molar-refractivity contribution in [3.05, 3.63) is 11.8 Å². The predicted molar refractivity (Wildman–Crippen MR) is 64.3 cm³/mol. The minimum Gasteiger partial charge on any atom is -0.395 e. The summed E-state index contributed by atoms with van der Waals surface area (Å²) in [6.07, 6.45) is 1.33. The molecule has 0 aliphatic heterocycles. The zero-order chi connectivity index (χ0) is 13.8. The van der Waals surface area contributed by atoms with Gasteiger partial charge < -0.3 is 25.2 Å². The van der Waals surface area contributed by atoms with E-state index in [1.165, 1.54) is 18.2 Å². The number of nitrogens with zero attached hydrogens (tertiary/aromatic N) is 2. The van der Waals surface area contributed by atoms with Gasteiger partial charge in [-0.15, -0.1) is 0 Å². The van der Waals surface area contributed by atoms with Gasteiger partial charge in [0.1, 0.15) is 11.6 Å². The lowest BCUT2D eigenvalue weighted by Gasteiger charge is -2.18. The van der Waals surface area contributed by atoms with Gasteiger partial charge in [0.25, 0.3) is 5.91 Å². The Morgan fingerprint density at radius 1 is 1.44 bits per heavy atom. The number of methoxy groups -OCH3 is 1. The van der Waals surface area contributed by atoms with Crippen LogP contribution in [0.3, 0.4) is 0 Å². The molecule has 18 heavy (non-hydrogen) atoms. The van der Waals surface area contributed by atoms with Crippen LogP contribution in [0.15, 0.2) is 11.8 Å². The molecule has 0 spiro atoms. The molecule has 0 unspecified atom stereocenters. The average molecular weight is 257 g/mol. The Bertz CT molecular complexity index is 306. The van der Waals surface area contributed by atoms with Crippen molar-refractivity contribution >= 4 is 5.91 Å². The van der Waals surface area contributed by atoms with Crippen molar-refractivity contribution in [1.82, 2.24) is 10.2 Å². The van der Waals surface area contributed by atoms with Gasteiger partial charge in [0.2, 0.25) is 0 Å². The summed E-state index contributed by atoms with van der Waals surface area (Å²) in [5.74, 6) is -0.504. The number of ether oxygens (including phenoxy) is 1. The van der Waals surface area contributed by atoms with E-state index in [1.807, 2.05) is 0 Å². The van der Waals surface area contributed by atoms with Gasteiger partial charge in [0.05, 0.1) is 19.8 Å². The van der Waals surface area contributed by atoms with Crippen LogP contribution in [0.5, 0.6) is 0 Å². The number of carbonyl (C=O) groups is 1. The van der Waals surface area contributed by atoms with Crippen molar-refractivity contribution in [2.45, 2.75) is 0 Å². The van der Waals surface area contributed by atoms with Gasteiger partial charge in [-0.1, -0.05) is 0 Å². The first-order valence-corrected chi connectivity index (χ1v) is 5.54. The Labute approximate surface area is 106 Å². The molecule has 1 amide bonds. The maximum absolute atomic E-state index is 11.6. The van der Waals surface area contributed by atoms with Crippen molar-refractivity contribution in [2.75, 3.05) is 46.6 Å². The van der Waals surface area contributed by atoms with Gasteiger partial charge in [-0.2, -0.15) is 5.26 Å². The molecule has 0 aromatic rings. The number of nitrogens with one attached hydrogen (secondary N) is 1. The monoisotopic (exact) mass is 257 g/mol. The normalized spacial score (nSPS) is 10.9. The number of carbonyl (C=O) groups excluding carboxylic acids is 1. The summed E-state index contributed by atoms with van der Waals surface area (Å²) >= 11 is 0. The molecule has 0 heterocycles. The second kappa shape index (κ2) is 10.5. The summed E-state index contributed by atoms with van der Waals surface area (Å²) in [5.41, 5.74) is -0.0759. The molecule has 0 saturated heterocycles. The van der Waals surface area contributed by atoms with Gasteiger partial charge in [0, 0.05) is 32.9 Å². The number of aliphatic hydroxyl groups is 2. The van der Waals surface area contributed by atoms with Crippen molar-refractivity contribution in [1.29, 1.82) is 5.26 Å². The lowest BCUT2D eigenvalue weighted by molar-refractivity contribution is -0.117. The van der Waals surface area contributed by atoms with E-state index in [2.05, 4.69) is 5.32 Å². The van der Waals surface area contributed by atoms with Crippen LogP contribution in [-0.2, 0) is 9.53 Å². The summed E-state index contributed by atoms with van der Waals surface area (Å²) in [6, 6.07) is 1.78. The van der Waals surface area contributed by atoms with Gasteiger partial charge >= 0.3 is 0 Å². The Morgan fingerprint density at radius 2 is 2.06 bits per heavy atom. The maximum Gasteiger partial charge on any atom is 0.263 e. The van der Waals surface area contributed by atoms with Crippen LogP contribution in [0, 0.1) is 11.3 Å². The second-order valence-electron chi connectivity index (χ2n) is 3.39. The fourth-order valence-corrected chi connectivity index (χ4v) is 1.18. The minimum atomic E-state index is -0.504. The average Bonchev–Trinajstić information content (AvgIpc) is 2.36. The van der Waals surface area contributed by atoms with Gasteiger partial charge in [-0.3, -0.25) is 4.79 Å². The van der Waals surface area contributed by atoms with Crippen LogP contribution in [0.1, 0.15) is 0 Å². The van der Waals surface area contributed by atoms with Crippen LogP contribution >= 0.6 is 0 Å². The largest absolute Gasteiger partial charge is 0.395 e. The first kappa shape index (κ1) is 16.4. The molecule has 102 valence electrons. The third-order valence-corrected chi connectivity index (χ3v) is 2.04. The highest BCUT2D eigenvalue weighted by Gasteiger charge is 2.10. The smallest absolute Gasteiger partial charge is 0.263 e. The maximum atomic E-state index is 11.6. The van der Waals surface area contributed by atoms with E-state index in [9.17, 15) is 4.79 Å². The van der Waals surface area contributed by atoms with E-state index in [-0.39, 0.29) is 31.9 Å². The lowest BCUT2D eigenvalue weighted by Crippen LogP contribution is -2.31. The predicted octanol–water partition coefficient (Wildman–Crippen LogP) is -1.56. The zero-order valence-electron chi connectivity index (χ0n) is 10.4. The molecule has 7 heteroatoms. The van der Waals surface area contributed by atoms with E-state index in [4.69, 9.17) is 20.2 Å². The highest BCUT2D eigenvalue weighted by Crippen LogP contribution is 1.98.